The van der Waals surface area contributed by atoms with E-state index in [1.54, 1.807) is 0 Å². The lowest BCUT2D eigenvalue weighted by atomic mass is 10.1. The molecule has 3 heteroatoms. The van der Waals surface area contributed by atoms with Crippen LogP contribution in [0.25, 0.3) is 22.0 Å². The molecular weight excluding hydrogens is 282 g/mol. The van der Waals surface area contributed by atoms with Crippen LogP contribution >= 0.6 is 0 Å². The van der Waals surface area contributed by atoms with Crippen molar-refractivity contribution in [3.63, 3.8) is 0 Å². The van der Waals surface area contributed by atoms with Gasteiger partial charge in [0.05, 0.1) is 17.6 Å². The molecule has 1 aromatic heterocycles. The average Bonchev–Trinajstić information content (AvgIpc) is 3.00. The molecule has 2 unspecified atom stereocenters. The lowest BCUT2D eigenvalue weighted by Gasteiger charge is -2.19. The van der Waals surface area contributed by atoms with Crippen LogP contribution in [0.1, 0.15) is 13.1 Å². The second-order valence-corrected chi connectivity index (χ2v) is 5.53. The van der Waals surface area contributed by atoms with E-state index in [0.29, 0.717) is 0 Å². The lowest BCUT2D eigenvalue weighted by Crippen LogP contribution is -2.31. The van der Waals surface area contributed by atoms with E-state index in [2.05, 4.69) is 53.0 Å². The smallest absolute Gasteiger partial charge is 0.104 e. The number of rotatable bonds is 5. The predicted molar refractivity (Wildman–Crippen MR) is 94.8 cm³/mol. The molecule has 114 valence electrons. The summed E-state index contributed by atoms with van der Waals surface area (Å²) >= 11 is 0. The summed E-state index contributed by atoms with van der Waals surface area (Å²) < 4.78 is 2.14. The zero-order valence-corrected chi connectivity index (χ0v) is 13.1. The van der Waals surface area contributed by atoms with E-state index in [-0.39, 0.29) is 12.2 Å². The molecule has 1 N–H and O–H groups in total. The average molecular weight is 301 g/mol. The maximum absolute atomic E-state index is 9.07. The van der Waals surface area contributed by atoms with Crippen LogP contribution in [0.4, 0.5) is 0 Å². The highest BCUT2D eigenvalue weighted by Gasteiger charge is 2.16. The van der Waals surface area contributed by atoms with Crippen LogP contribution in [-0.4, -0.2) is 10.6 Å². The molecule has 0 aliphatic carbocycles. The summed E-state index contributed by atoms with van der Waals surface area (Å²) in [6.07, 6.45) is 3.82. The molecule has 2 atom stereocenters. The molecule has 0 saturated heterocycles. The van der Waals surface area contributed by atoms with Gasteiger partial charge in [-0.15, -0.1) is 0 Å². The van der Waals surface area contributed by atoms with E-state index >= 15 is 0 Å². The first kappa shape index (κ1) is 15.1. The van der Waals surface area contributed by atoms with E-state index in [9.17, 15) is 0 Å². The number of hydrogen-bond acceptors (Lipinski definition) is 2. The van der Waals surface area contributed by atoms with Gasteiger partial charge in [-0.2, -0.15) is 5.26 Å². The van der Waals surface area contributed by atoms with E-state index in [1.165, 1.54) is 16.5 Å². The Kier molecular flexibility index (Phi) is 4.27. The summed E-state index contributed by atoms with van der Waals surface area (Å²) in [4.78, 5) is 0. The number of nitrogens with one attached hydrogen (secondary N) is 1. The fourth-order valence-electron chi connectivity index (χ4n) is 2.84. The van der Waals surface area contributed by atoms with Gasteiger partial charge in [0, 0.05) is 17.1 Å². The molecule has 0 amide bonds. The topological polar surface area (TPSA) is 40.8 Å². The molecule has 3 nitrogen and oxygen atoms in total. The molecule has 0 fully saturated rings. The van der Waals surface area contributed by atoms with Crippen molar-refractivity contribution in [3.05, 3.63) is 73.4 Å². The maximum Gasteiger partial charge on any atom is 0.104 e. The van der Waals surface area contributed by atoms with Crippen LogP contribution in [0.3, 0.4) is 0 Å². The molecule has 0 saturated carbocycles. The molecule has 3 aromatic rings. The van der Waals surface area contributed by atoms with Crippen molar-refractivity contribution in [3.8, 4) is 17.2 Å². The minimum atomic E-state index is -0.251. The maximum atomic E-state index is 9.07. The third kappa shape index (κ3) is 2.90. The second kappa shape index (κ2) is 6.51. The molecule has 0 spiro atoms. The molecule has 0 aliphatic heterocycles. The zero-order chi connectivity index (χ0) is 16.2. The number of aromatic nitrogens is 1. The summed E-state index contributed by atoms with van der Waals surface area (Å²) in [5.74, 6) is 0. The number of nitriles is 1. The second-order valence-electron chi connectivity index (χ2n) is 5.53. The van der Waals surface area contributed by atoms with Crippen LogP contribution in [0.2, 0.25) is 0 Å². The predicted octanol–water partition coefficient (Wildman–Crippen LogP) is 4.49. The summed E-state index contributed by atoms with van der Waals surface area (Å²) in [7, 11) is 0. The SMILES string of the molecule is C=CC(NC(C)C#N)n1cc(-c2ccccc2)c2ccccc21. The Morgan fingerprint density at radius 2 is 1.83 bits per heavy atom. The van der Waals surface area contributed by atoms with Crippen molar-refractivity contribution in [1.29, 1.82) is 5.26 Å². The van der Waals surface area contributed by atoms with Crippen molar-refractivity contribution < 1.29 is 0 Å². The van der Waals surface area contributed by atoms with Gasteiger partial charge < -0.3 is 4.57 Å². The number of para-hydroxylation sites is 1. The molecule has 3 rings (SSSR count). The third-order valence-corrected chi connectivity index (χ3v) is 3.96. The monoisotopic (exact) mass is 301 g/mol. The molecule has 0 radical (unpaired) electrons. The van der Waals surface area contributed by atoms with Crippen molar-refractivity contribution in [2.75, 3.05) is 0 Å². The third-order valence-electron chi connectivity index (χ3n) is 3.96. The van der Waals surface area contributed by atoms with E-state index in [4.69, 9.17) is 5.26 Å². The molecule has 1 heterocycles. The van der Waals surface area contributed by atoms with Crippen LogP contribution in [0.5, 0.6) is 0 Å². The van der Waals surface area contributed by atoms with Gasteiger partial charge in [-0.25, -0.2) is 0 Å². The number of benzene rings is 2. The molecule has 0 aliphatic rings. The zero-order valence-electron chi connectivity index (χ0n) is 13.1. The highest BCUT2D eigenvalue weighted by atomic mass is 15.2. The Hall–Kier alpha value is -2.83. The van der Waals surface area contributed by atoms with Crippen molar-refractivity contribution >= 4 is 10.9 Å². The summed E-state index contributed by atoms with van der Waals surface area (Å²) in [6, 6.07) is 20.6. The van der Waals surface area contributed by atoms with Gasteiger partial charge in [-0.1, -0.05) is 61.2 Å². The fourth-order valence-corrected chi connectivity index (χ4v) is 2.84. The Balaban J connectivity index is 2.15. The number of hydrogen-bond donors (Lipinski definition) is 1. The minimum Gasteiger partial charge on any atom is -0.327 e. The van der Waals surface area contributed by atoms with Crippen molar-refractivity contribution in [2.45, 2.75) is 19.1 Å². The van der Waals surface area contributed by atoms with Gasteiger partial charge in [-0.3, -0.25) is 5.32 Å². The van der Waals surface area contributed by atoms with Crippen LogP contribution in [0.15, 0.2) is 73.4 Å². The summed E-state index contributed by atoms with van der Waals surface area (Å²) in [5, 5.41) is 13.5. The first-order chi connectivity index (χ1) is 11.2. The largest absolute Gasteiger partial charge is 0.327 e. The van der Waals surface area contributed by atoms with Gasteiger partial charge in [0.1, 0.15) is 6.17 Å². The highest BCUT2D eigenvalue weighted by Crippen LogP contribution is 2.32. The summed E-state index contributed by atoms with van der Waals surface area (Å²) in [6.45, 7) is 5.77. The quantitative estimate of drug-likeness (QED) is 0.705. The van der Waals surface area contributed by atoms with E-state index in [1.807, 2.05) is 43.3 Å². The first-order valence-electron chi connectivity index (χ1n) is 7.68. The number of nitrogens with zero attached hydrogens (tertiary/aromatic N) is 2. The fraction of sp³-hybridized carbons (Fsp3) is 0.150. The Morgan fingerprint density at radius 3 is 2.52 bits per heavy atom. The highest BCUT2D eigenvalue weighted by molar-refractivity contribution is 5.96. The van der Waals surface area contributed by atoms with Gasteiger partial charge in [0.25, 0.3) is 0 Å². The van der Waals surface area contributed by atoms with E-state index < -0.39 is 0 Å². The lowest BCUT2D eigenvalue weighted by molar-refractivity contribution is 0.473. The van der Waals surface area contributed by atoms with E-state index in [0.717, 1.165) is 5.52 Å². The minimum absolute atomic E-state index is 0.132. The Bertz CT molecular complexity index is 855. The van der Waals surface area contributed by atoms with Crippen LogP contribution in [0, 0.1) is 11.3 Å². The molecule has 2 aromatic carbocycles. The van der Waals surface area contributed by atoms with Gasteiger partial charge in [0.2, 0.25) is 0 Å². The van der Waals surface area contributed by atoms with Crippen molar-refractivity contribution in [2.24, 2.45) is 0 Å². The van der Waals surface area contributed by atoms with Crippen molar-refractivity contribution in [1.82, 2.24) is 9.88 Å². The van der Waals surface area contributed by atoms with Gasteiger partial charge in [-0.05, 0) is 18.6 Å². The molecular formula is C20H19N3. The standard InChI is InChI=1S/C20H19N3/c1-3-20(22-15(2)13-21)23-14-18(16-9-5-4-6-10-16)17-11-7-8-12-19(17)23/h3-12,14-15,20,22H,1H2,2H3. The molecule has 23 heavy (non-hydrogen) atoms. The first-order valence-corrected chi connectivity index (χ1v) is 7.68. The van der Waals surface area contributed by atoms with Crippen LogP contribution < -0.4 is 5.32 Å². The Morgan fingerprint density at radius 1 is 1.13 bits per heavy atom. The summed E-state index contributed by atoms with van der Waals surface area (Å²) in [5.41, 5.74) is 3.48. The number of fused-ring (bicyclic) bond motifs is 1. The Labute approximate surface area is 136 Å². The van der Waals surface area contributed by atoms with Gasteiger partial charge in [0.15, 0.2) is 0 Å². The molecule has 0 bridgehead atoms. The van der Waals surface area contributed by atoms with Gasteiger partial charge >= 0.3 is 0 Å². The van der Waals surface area contributed by atoms with Crippen LogP contribution in [-0.2, 0) is 0 Å². The normalized spacial score (nSPS) is 13.4.